The largest absolute Gasteiger partial charge is 0.392 e. The van der Waals surface area contributed by atoms with Crippen molar-refractivity contribution in [3.8, 4) is 0 Å². The van der Waals surface area contributed by atoms with Gasteiger partial charge in [-0.1, -0.05) is 31.2 Å². The van der Waals surface area contributed by atoms with Crippen LogP contribution in [0.2, 0.25) is 0 Å². The normalized spacial score (nSPS) is 12.2. The van der Waals surface area contributed by atoms with E-state index in [1.807, 2.05) is 45.0 Å². The van der Waals surface area contributed by atoms with E-state index in [1.54, 1.807) is 0 Å². The molecule has 1 aromatic heterocycles. The van der Waals surface area contributed by atoms with Gasteiger partial charge in [-0.15, -0.1) is 0 Å². The lowest BCUT2D eigenvalue weighted by Crippen LogP contribution is -2.24. The molecule has 0 saturated heterocycles. The molecule has 1 aromatic carbocycles. The summed E-state index contributed by atoms with van der Waals surface area (Å²) in [5, 5.41) is 19.3. The zero-order valence-electron chi connectivity index (χ0n) is 13.3. The number of carbonyl (C=O) groups is 1. The van der Waals surface area contributed by atoms with Gasteiger partial charge in [0.25, 0.3) is 0 Å². The highest BCUT2D eigenvalue weighted by atomic mass is 16.3. The van der Waals surface area contributed by atoms with Gasteiger partial charge < -0.3 is 10.4 Å². The molecular weight excluding hydrogens is 278 g/mol. The number of aliphatic hydroxyl groups is 1. The van der Waals surface area contributed by atoms with E-state index >= 15 is 0 Å². The number of aromatic amines is 1. The maximum absolute atomic E-state index is 12.1. The fraction of sp³-hybridized carbons (Fsp3) is 0.412. The predicted octanol–water partition coefficient (Wildman–Crippen LogP) is 2.33. The van der Waals surface area contributed by atoms with E-state index in [0.717, 1.165) is 28.1 Å². The number of rotatable bonds is 6. The summed E-state index contributed by atoms with van der Waals surface area (Å²) in [7, 11) is 0. The zero-order chi connectivity index (χ0) is 16.1. The predicted molar refractivity (Wildman–Crippen MR) is 85.3 cm³/mol. The first-order chi connectivity index (χ1) is 10.5. The molecule has 0 saturated carbocycles. The van der Waals surface area contributed by atoms with Crippen molar-refractivity contribution in [2.24, 2.45) is 0 Å². The number of benzene rings is 1. The Morgan fingerprint density at radius 1 is 1.32 bits per heavy atom. The molecule has 2 rings (SSSR count). The summed E-state index contributed by atoms with van der Waals surface area (Å²) in [5.41, 5.74) is 4.87. The molecule has 0 aliphatic rings. The van der Waals surface area contributed by atoms with Gasteiger partial charge in [-0.2, -0.15) is 5.10 Å². The molecule has 1 heterocycles. The fourth-order valence-electron chi connectivity index (χ4n) is 2.82. The smallest absolute Gasteiger partial charge is 0.220 e. The van der Waals surface area contributed by atoms with Crippen LogP contribution in [-0.4, -0.2) is 21.2 Å². The monoisotopic (exact) mass is 301 g/mol. The summed E-state index contributed by atoms with van der Waals surface area (Å²) >= 11 is 0. The maximum Gasteiger partial charge on any atom is 0.220 e. The Morgan fingerprint density at radius 3 is 2.59 bits per heavy atom. The number of hydrogen-bond donors (Lipinski definition) is 3. The van der Waals surface area contributed by atoms with E-state index in [2.05, 4.69) is 15.5 Å². The molecule has 5 heteroatoms. The Balaban J connectivity index is 1.93. The van der Waals surface area contributed by atoms with Crippen LogP contribution in [0.15, 0.2) is 24.3 Å². The number of hydrogen-bond acceptors (Lipinski definition) is 3. The van der Waals surface area contributed by atoms with Crippen molar-refractivity contribution >= 4 is 5.91 Å². The van der Waals surface area contributed by atoms with E-state index in [9.17, 15) is 9.90 Å². The molecule has 1 amide bonds. The summed E-state index contributed by atoms with van der Waals surface area (Å²) in [5.74, 6) is 0.118. The van der Waals surface area contributed by atoms with Crippen molar-refractivity contribution in [3.05, 3.63) is 52.3 Å². The third-order valence-electron chi connectivity index (χ3n) is 3.93. The molecular formula is C17H23N3O2. The third-order valence-corrected chi connectivity index (χ3v) is 3.93. The minimum atomic E-state index is -0.0180. The SMILES string of the molecule is Cc1n[nH]c(C)c1C(C)CC(=O)NCc1ccccc1CO. The standard InChI is InChI=1S/C17H23N3O2/c1-11(17-12(2)19-20-13(17)3)8-16(22)18-9-14-6-4-5-7-15(14)10-21/h4-7,11,21H,8-10H2,1-3H3,(H,18,22)(H,19,20). The second kappa shape index (κ2) is 7.22. The van der Waals surface area contributed by atoms with Gasteiger partial charge in [-0.05, 0) is 36.5 Å². The Bertz CT molecular complexity index is 630. The van der Waals surface area contributed by atoms with Crippen LogP contribution in [0, 0.1) is 13.8 Å². The second-order valence-corrected chi connectivity index (χ2v) is 5.66. The quantitative estimate of drug-likeness (QED) is 0.766. The van der Waals surface area contributed by atoms with E-state index in [4.69, 9.17) is 0 Å². The molecule has 0 aliphatic heterocycles. The third kappa shape index (κ3) is 3.74. The molecule has 0 fully saturated rings. The molecule has 22 heavy (non-hydrogen) atoms. The Hall–Kier alpha value is -2.14. The summed E-state index contributed by atoms with van der Waals surface area (Å²) in [4.78, 5) is 12.1. The van der Waals surface area contributed by atoms with Crippen molar-refractivity contribution in [1.29, 1.82) is 0 Å². The number of amides is 1. The number of H-pyrrole nitrogens is 1. The Morgan fingerprint density at radius 2 is 2.00 bits per heavy atom. The van der Waals surface area contributed by atoms with Gasteiger partial charge in [0, 0.05) is 18.7 Å². The molecule has 2 aromatic rings. The lowest BCUT2D eigenvalue weighted by atomic mass is 9.95. The maximum atomic E-state index is 12.1. The molecule has 1 atom stereocenters. The molecule has 0 radical (unpaired) electrons. The minimum absolute atomic E-state index is 0.000225. The molecule has 118 valence electrons. The Labute approximate surface area is 130 Å². The average molecular weight is 301 g/mol. The van der Waals surface area contributed by atoms with Crippen LogP contribution < -0.4 is 5.32 Å². The molecule has 5 nitrogen and oxygen atoms in total. The van der Waals surface area contributed by atoms with Crippen LogP contribution in [0.3, 0.4) is 0 Å². The van der Waals surface area contributed by atoms with Crippen LogP contribution in [0.25, 0.3) is 0 Å². The van der Waals surface area contributed by atoms with Crippen LogP contribution in [0.5, 0.6) is 0 Å². The zero-order valence-corrected chi connectivity index (χ0v) is 13.3. The van der Waals surface area contributed by atoms with Crippen molar-refractivity contribution in [2.45, 2.75) is 46.3 Å². The summed E-state index contributed by atoms with van der Waals surface area (Å²) in [6, 6.07) is 7.56. The topological polar surface area (TPSA) is 78.0 Å². The molecule has 0 spiro atoms. The first-order valence-corrected chi connectivity index (χ1v) is 7.48. The highest BCUT2D eigenvalue weighted by Gasteiger charge is 2.17. The minimum Gasteiger partial charge on any atom is -0.392 e. The second-order valence-electron chi connectivity index (χ2n) is 5.66. The van der Waals surface area contributed by atoms with E-state index in [1.165, 1.54) is 0 Å². The highest BCUT2D eigenvalue weighted by Crippen LogP contribution is 2.24. The van der Waals surface area contributed by atoms with Crippen LogP contribution in [0.4, 0.5) is 0 Å². The van der Waals surface area contributed by atoms with Crippen molar-refractivity contribution in [1.82, 2.24) is 15.5 Å². The van der Waals surface area contributed by atoms with Gasteiger partial charge >= 0.3 is 0 Å². The molecule has 0 aliphatic carbocycles. The first-order valence-electron chi connectivity index (χ1n) is 7.48. The van der Waals surface area contributed by atoms with E-state index in [-0.39, 0.29) is 18.4 Å². The highest BCUT2D eigenvalue weighted by molar-refractivity contribution is 5.77. The van der Waals surface area contributed by atoms with Gasteiger partial charge in [0.05, 0.1) is 12.3 Å². The Kier molecular flexibility index (Phi) is 5.33. The lowest BCUT2D eigenvalue weighted by molar-refractivity contribution is -0.121. The lowest BCUT2D eigenvalue weighted by Gasteiger charge is -2.13. The van der Waals surface area contributed by atoms with Crippen molar-refractivity contribution < 1.29 is 9.90 Å². The summed E-state index contributed by atoms with van der Waals surface area (Å²) < 4.78 is 0. The van der Waals surface area contributed by atoms with Crippen LogP contribution in [0.1, 0.15) is 47.3 Å². The van der Waals surface area contributed by atoms with E-state index in [0.29, 0.717) is 13.0 Å². The number of carbonyl (C=O) groups excluding carboxylic acids is 1. The van der Waals surface area contributed by atoms with Crippen LogP contribution >= 0.6 is 0 Å². The van der Waals surface area contributed by atoms with Gasteiger partial charge in [-0.25, -0.2) is 0 Å². The van der Waals surface area contributed by atoms with Gasteiger partial charge in [-0.3, -0.25) is 9.89 Å². The van der Waals surface area contributed by atoms with Gasteiger partial charge in [0.2, 0.25) is 5.91 Å². The van der Waals surface area contributed by atoms with Gasteiger partial charge in [0.1, 0.15) is 0 Å². The number of aryl methyl sites for hydroxylation is 2. The van der Waals surface area contributed by atoms with E-state index < -0.39 is 0 Å². The number of nitrogens with one attached hydrogen (secondary N) is 2. The van der Waals surface area contributed by atoms with Crippen molar-refractivity contribution in [2.75, 3.05) is 0 Å². The molecule has 0 bridgehead atoms. The molecule has 3 N–H and O–H groups in total. The summed E-state index contributed by atoms with van der Waals surface area (Å²) in [6.07, 6.45) is 0.419. The number of aromatic nitrogens is 2. The van der Waals surface area contributed by atoms with Gasteiger partial charge in [0.15, 0.2) is 0 Å². The van der Waals surface area contributed by atoms with Crippen LogP contribution in [-0.2, 0) is 17.9 Å². The van der Waals surface area contributed by atoms with Crippen molar-refractivity contribution in [3.63, 3.8) is 0 Å². The first kappa shape index (κ1) is 16.2. The fourth-order valence-corrected chi connectivity index (χ4v) is 2.82. The number of aliphatic hydroxyl groups excluding tert-OH is 1. The number of nitrogens with zero attached hydrogens (tertiary/aromatic N) is 1. The summed E-state index contributed by atoms with van der Waals surface area (Å²) in [6.45, 7) is 6.37. The molecule has 1 unspecified atom stereocenters. The average Bonchev–Trinajstić information content (AvgIpc) is 2.84.